The summed E-state index contributed by atoms with van der Waals surface area (Å²) in [7, 11) is 0. The molecule has 102 valence electrons. The van der Waals surface area contributed by atoms with Crippen molar-refractivity contribution in [3.63, 3.8) is 0 Å². The Kier molecular flexibility index (Phi) is 3.62. The number of carbonyl (C=O) groups is 1. The first-order chi connectivity index (χ1) is 8.75. The lowest BCUT2D eigenvalue weighted by molar-refractivity contribution is -0.125. The highest BCUT2D eigenvalue weighted by Crippen LogP contribution is 2.31. The molecule has 1 heterocycles. The summed E-state index contributed by atoms with van der Waals surface area (Å²) in [5, 5.41) is -0.315. The highest BCUT2D eigenvalue weighted by Gasteiger charge is 2.32. The van der Waals surface area contributed by atoms with Gasteiger partial charge in [0.15, 0.2) is 0 Å². The summed E-state index contributed by atoms with van der Waals surface area (Å²) >= 11 is 9.59. The molecule has 0 aliphatic rings. The van der Waals surface area contributed by atoms with Crippen molar-refractivity contribution in [3.8, 4) is 0 Å². The lowest BCUT2D eigenvalue weighted by atomic mass is 10.0. The van der Waals surface area contributed by atoms with Gasteiger partial charge in [0, 0.05) is 4.47 Å². The zero-order valence-corrected chi connectivity index (χ0v) is 13.3. The molecular weight excluding hydrogens is 330 g/mol. The third kappa shape index (κ3) is 2.37. The summed E-state index contributed by atoms with van der Waals surface area (Å²) in [5.74, 6) is 0.215. The Morgan fingerprint density at radius 3 is 2.68 bits per heavy atom. The maximum Gasteiger partial charge on any atom is 0.243 e. The number of fused-ring (bicyclic) bond motifs is 1. The molecule has 0 aliphatic carbocycles. The summed E-state index contributed by atoms with van der Waals surface area (Å²) in [6.07, 6.45) is 0. The Morgan fingerprint density at radius 2 is 2.16 bits per heavy atom. The molecule has 0 saturated carbocycles. The van der Waals surface area contributed by atoms with Gasteiger partial charge in [-0.05, 0) is 39.0 Å². The van der Waals surface area contributed by atoms with E-state index in [9.17, 15) is 4.79 Å². The zero-order chi connectivity index (χ0) is 14.4. The smallest absolute Gasteiger partial charge is 0.243 e. The summed E-state index contributed by atoms with van der Waals surface area (Å²) in [6.45, 7) is 5.36. The van der Waals surface area contributed by atoms with Gasteiger partial charge in [0.1, 0.15) is 11.4 Å². The summed E-state index contributed by atoms with van der Waals surface area (Å²) in [5.41, 5.74) is 6.25. The average molecular weight is 345 g/mol. The number of alkyl halides is 1. The summed E-state index contributed by atoms with van der Waals surface area (Å²) in [6, 6.07) is 5.70. The number of halogens is 2. The predicted octanol–water partition coefficient (Wildman–Crippen LogP) is 3.32. The van der Waals surface area contributed by atoms with Gasteiger partial charge < -0.3 is 10.3 Å². The zero-order valence-electron chi connectivity index (χ0n) is 10.9. The van der Waals surface area contributed by atoms with E-state index in [1.165, 1.54) is 0 Å². The molecule has 2 aromatic rings. The Hall–Kier alpha value is -1.07. The molecular formula is C13H15BrClN3O. The first kappa shape index (κ1) is 14.3. The molecule has 0 saturated heterocycles. The number of hydrogen-bond donors (Lipinski definition) is 1. The highest BCUT2D eigenvalue weighted by atomic mass is 79.9. The van der Waals surface area contributed by atoms with Gasteiger partial charge in [-0.25, -0.2) is 4.98 Å². The Bertz CT molecular complexity index is 649. The van der Waals surface area contributed by atoms with Gasteiger partial charge in [0.2, 0.25) is 5.91 Å². The van der Waals surface area contributed by atoms with Crippen molar-refractivity contribution in [2.45, 2.75) is 31.7 Å². The second-order valence-electron chi connectivity index (χ2n) is 4.98. The minimum absolute atomic E-state index is 0.315. The maximum atomic E-state index is 11.7. The van der Waals surface area contributed by atoms with E-state index in [1.807, 2.05) is 29.7 Å². The van der Waals surface area contributed by atoms with Gasteiger partial charge >= 0.3 is 0 Å². The fourth-order valence-electron chi connectivity index (χ4n) is 2.04. The monoisotopic (exact) mass is 343 g/mol. The number of carbonyl (C=O) groups excluding carboxylic acids is 1. The number of rotatable bonds is 3. The van der Waals surface area contributed by atoms with Crippen LogP contribution in [0.2, 0.25) is 0 Å². The van der Waals surface area contributed by atoms with Crippen LogP contribution in [-0.2, 0) is 10.3 Å². The maximum absolute atomic E-state index is 11.7. The van der Waals surface area contributed by atoms with E-state index in [2.05, 4.69) is 20.9 Å². The van der Waals surface area contributed by atoms with E-state index in [1.54, 1.807) is 13.8 Å². The minimum atomic E-state index is -0.888. The number of imidazole rings is 1. The van der Waals surface area contributed by atoms with E-state index < -0.39 is 11.4 Å². The SMILES string of the molecule is CC(Cl)c1nc2cc(Br)ccc2n1C(C)(C)C(N)=O. The molecule has 2 rings (SSSR count). The molecule has 1 atom stereocenters. The van der Waals surface area contributed by atoms with Crippen LogP contribution in [0.3, 0.4) is 0 Å². The van der Waals surface area contributed by atoms with Crippen molar-refractivity contribution < 1.29 is 4.79 Å². The number of aromatic nitrogens is 2. The van der Waals surface area contributed by atoms with Crippen molar-refractivity contribution in [3.05, 3.63) is 28.5 Å². The van der Waals surface area contributed by atoms with Gasteiger partial charge in [0.05, 0.1) is 16.4 Å². The largest absolute Gasteiger partial charge is 0.368 e. The number of benzene rings is 1. The summed E-state index contributed by atoms with van der Waals surface area (Å²) in [4.78, 5) is 16.2. The van der Waals surface area contributed by atoms with Gasteiger partial charge in [-0.3, -0.25) is 4.79 Å². The minimum Gasteiger partial charge on any atom is -0.368 e. The molecule has 0 bridgehead atoms. The molecule has 6 heteroatoms. The van der Waals surface area contributed by atoms with Crippen LogP contribution in [-0.4, -0.2) is 15.5 Å². The fraction of sp³-hybridized carbons (Fsp3) is 0.385. The lowest BCUT2D eigenvalue weighted by Crippen LogP contribution is -2.42. The van der Waals surface area contributed by atoms with E-state index in [4.69, 9.17) is 17.3 Å². The van der Waals surface area contributed by atoms with Gasteiger partial charge in [-0.1, -0.05) is 15.9 Å². The van der Waals surface area contributed by atoms with Gasteiger partial charge in [0.25, 0.3) is 0 Å². The normalized spacial score (nSPS) is 13.7. The number of hydrogen-bond acceptors (Lipinski definition) is 2. The first-order valence-electron chi connectivity index (χ1n) is 5.87. The Balaban J connectivity index is 2.83. The van der Waals surface area contributed by atoms with Crippen molar-refractivity contribution in [2.24, 2.45) is 5.73 Å². The number of nitrogens with two attached hydrogens (primary N) is 1. The number of nitrogens with zero attached hydrogens (tertiary/aromatic N) is 2. The van der Waals surface area contributed by atoms with Crippen LogP contribution in [0, 0.1) is 0 Å². The second kappa shape index (κ2) is 4.80. The first-order valence-corrected chi connectivity index (χ1v) is 7.10. The molecule has 1 aromatic heterocycles. The third-order valence-electron chi connectivity index (χ3n) is 3.16. The standard InChI is InChI=1S/C13H15BrClN3O/c1-7(15)11-17-9-6-8(14)4-5-10(9)18(11)13(2,3)12(16)19/h4-7H,1-3H3,(H2,16,19). The fourth-order valence-corrected chi connectivity index (χ4v) is 2.53. The van der Waals surface area contributed by atoms with Crippen LogP contribution in [0.4, 0.5) is 0 Å². The molecule has 1 amide bonds. The van der Waals surface area contributed by atoms with Crippen LogP contribution in [0.5, 0.6) is 0 Å². The predicted molar refractivity (Wildman–Crippen MR) is 80.2 cm³/mol. The molecule has 0 fully saturated rings. The van der Waals surface area contributed by atoms with Gasteiger partial charge in [-0.2, -0.15) is 0 Å². The molecule has 4 nitrogen and oxygen atoms in total. The Labute approximate surface area is 125 Å². The van der Waals surface area contributed by atoms with Crippen molar-refractivity contribution in [1.82, 2.24) is 9.55 Å². The Morgan fingerprint density at radius 1 is 1.53 bits per heavy atom. The van der Waals surface area contributed by atoms with Crippen LogP contribution in [0.15, 0.2) is 22.7 Å². The van der Waals surface area contributed by atoms with Crippen LogP contribution in [0.1, 0.15) is 32.0 Å². The van der Waals surface area contributed by atoms with E-state index in [0.717, 1.165) is 15.5 Å². The van der Waals surface area contributed by atoms with Crippen LogP contribution in [0.25, 0.3) is 11.0 Å². The van der Waals surface area contributed by atoms with Crippen LogP contribution >= 0.6 is 27.5 Å². The summed E-state index contributed by atoms with van der Waals surface area (Å²) < 4.78 is 2.74. The lowest BCUT2D eigenvalue weighted by Gasteiger charge is -2.26. The van der Waals surface area contributed by atoms with Crippen molar-refractivity contribution in [1.29, 1.82) is 0 Å². The molecule has 19 heavy (non-hydrogen) atoms. The van der Waals surface area contributed by atoms with Crippen LogP contribution < -0.4 is 5.73 Å². The number of primary amides is 1. The average Bonchev–Trinajstić information content (AvgIpc) is 2.67. The third-order valence-corrected chi connectivity index (χ3v) is 3.85. The number of amides is 1. The van der Waals surface area contributed by atoms with Crippen molar-refractivity contribution >= 4 is 44.5 Å². The molecule has 1 aromatic carbocycles. The van der Waals surface area contributed by atoms with E-state index in [-0.39, 0.29) is 5.38 Å². The molecule has 0 aliphatic heterocycles. The molecule has 2 N–H and O–H groups in total. The highest BCUT2D eigenvalue weighted by molar-refractivity contribution is 9.10. The van der Waals surface area contributed by atoms with Crippen molar-refractivity contribution in [2.75, 3.05) is 0 Å². The molecule has 1 unspecified atom stereocenters. The van der Waals surface area contributed by atoms with Gasteiger partial charge in [-0.15, -0.1) is 11.6 Å². The molecule has 0 spiro atoms. The molecule has 0 radical (unpaired) electrons. The second-order valence-corrected chi connectivity index (χ2v) is 6.55. The topological polar surface area (TPSA) is 60.9 Å². The van der Waals surface area contributed by atoms with E-state index in [0.29, 0.717) is 5.82 Å². The quantitative estimate of drug-likeness (QED) is 0.868. The van der Waals surface area contributed by atoms with E-state index >= 15 is 0 Å².